The first kappa shape index (κ1) is 21.6. The summed E-state index contributed by atoms with van der Waals surface area (Å²) in [5.74, 6) is 0.884. The van der Waals surface area contributed by atoms with Crippen LogP contribution in [0, 0.1) is 6.92 Å². The van der Waals surface area contributed by atoms with Crippen LogP contribution < -0.4 is 9.64 Å². The molecule has 0 aliphatic carbocycles. The van der Waals surface area contributed by atoms with Gasteiger partial charge in [-0.15, -0.1) is 0 Å². The van der Waals surface area contributed by atoms with E-state index in [2.05, 4.69) is 44.0 Å². The number of urea groups is 1. The maximum Gasteiger partial charge on any atom is 0.324 e. The number of hydrogen-bond donors (Lipinski definition) is 0. The molecule has 0 spiro atoms. The van der Waals surface area contributed by atoms with Crippen molar-refractivity contribution in [3.05, 3.63) is 53.3 Å². The van der Waals surface area contributed by atoms with Crippen molar-refractivity contribution < 1.29 is 9.53 Å². The molecule has 4 rings (SSSR count). The molecule has 2 aliphatic rings. The lowest BCUT2D eigenvalue weighted by Gasteiger charge is -2.38. The Bertz CT molecular complexity index is 933. The number of fused-ring (bicyclic) bond motifs is 1. The molecule has 3 heterocycles. The van der Waals surface area contributed by atoms with Gasteiger partial charge in [0.25, 0.3) is 0 Å². The second-order valence-corrected chi connectivity index (χ2v) is 9.55. The molecule has 0 saturated carbocycles. The second kappa shape index (κ2) is 8.50. The number of methoxy groups -OCH3 is 1. The van der Waals surface area contributed by atoms with Gasteiger partial charge in [0, 0.05) is 43.3 Å². The van der Waals surface area contributed by atoms with Crippen molar-refractivity contribution in [1.82, 2.24) is 14.8 Å². The summed E-state index contributed by atoms with van der Waals surface area (Å²) >= 11 is 0. The number of nitrogens with zero attached hydrogens (tertiary/aromatic N) is 4. The van der Waals surface area contributed by atoms with Crippen molar-refractivity contribution in [1.29, 1.82) is 0 Å². The Labute approximate surface area is 185 Å². The van der Waals surface area contributed by atoms with Crippen LogP contribution in [0.15, 0.2) is 36.4 Å². The lowest BCUT2D eigenvalue weighted by molar-refractivity contribution is 0.133. The molecule has 31 heavy (non-hydrogen) atoms. The normalized spacial score (nSPS) is 18.4. The van der Waals surface area contributed by atoms with E-state index in [-0.39, 0.29) is 11.4 Å². The van der Waals surface area contributed by atoms with Gasteiger partial charge < -0.3 is 9.64 Å². The molecule has 0 unspecified atom stereocenters. The molecular weight excluding hydrogens is 388 g/mol. The molecule has 1 saturated heterocycles. The number of piperidine rings is 1. The average molecular weight is 423 g/mol. The van der Waals surface area contributed by atoms with Gasteiger partial charge in [-0.1, -0.05) is 26.0 Å². The molecule has 0 atom stereocenters. The molecule has 166 valence electrons. The number of carbonyl (C=O) groups excluding carboxylic acids is 1. The average Bonchev–Trinajstić information content (AvgIpc) is 3.04. The zero-order chi connectivity index (χ0) is 22.2. The van der Waals surface area contributed by atoms with E-state index in [4.69, 9.17) is 9.72 Å². The Morgan fingerprint density at radius 2 is 1.84 bits per heavy atom. The summed E-state index contributed by atoms with van der Waals surface area (Å²) in [5, 5.41) is 0. The zero-order valence-corrected chi connectivity index (χ0v) is 19.4. The van der Waals surface area contributed by atoms with E-state index in [0.717, 1.165) is 55.3 Å². The molecule has 0 N–H and O–H groups in total. The van der Waals surface area contributed by atoms with Crippen molar-refractivity contribution in [3.8, 4) is 5.75 Å². The first-order valence-electron chi connectivity index (χ1n) is 11.2. The van der Waals surface area contributed by atoms with Crippen molar-refractivity contribution in [2.24, 2.45) is 0 Å². The van der Waals surface area contributed by atoms with Crippen LogP contribution in [-0.4, -0.2) is 60.6 Å². The van der Waals surface area contributed by atoms with Gasteiger partial charge in [-0.2, -0.15) is 0 Å². The number of pyridine rings is 1. The second-order valence-electron chi connectivity index (χ2n) is 9.55. The van der Waals surface area contributed by atoms with Gasteiger partial charge in [-0.05, 0) is 56.6 Å². The number of hydrogen-bond acceptors (Lipinski definition) is 4. The molecule has 6 heteroatoms. The first-order chi connectivity index (χ1) is 14.8. The Kier molecular flexibility index (Phi) is 5.93. The number of carbonyl (C=O) groups is 1. The molecule has 1 fully saturated rings. The highest BCUT2D eigenvalue weighted by Crippen LogP contribution is 2.40. The summed E-state index contributed by atoms with van der Waals surface area (Å²) in [5.41, 5.74) is 4.17. The van der Waals surface area contributed by atoms with Crippen molar-refractivity contribution in [2.45, 2.75) is 51.6 Å². The van der Waals surface area contributed by atoms with E-state index in [0.29, 0.717) is 12.6 Å². The fraction of sp³-hybridized carbons (Fsp3) is 0.520. The van der Waals surface area contributed by atoms with Crippen LogP contribution in [0.4, 0.5) is 10.5 Å². The summed E-state index contributed by atoms with van der Waals surface area (Å²) in [6, 6.07) is 12.9. The van der Waals surface area contributed by atoms with E-state index in [1.165, 1.54) is 5.56 Å². The number of benzene rings is 1. The summed E-state index contributed by atoms with van der Waals surface area (Å²) in [4.78, 5) is 24.5. The van der Waals surface area contributed by atoms with E-state index >= 15 is 0 Å². The molecule has 1 aromatic heterocycles. The molecule has 0 radical (unpaired) electrons. The van der Waals surface area contributed by atoms with Crippen LogP contribution in [0.2, 0.25) is 0 Å². The number of amides is 2. The lowest BCUT2D eigenvalue weighted by Crippen LogP contribution is -2.50. The smallest absolute Gasteiger partial charge is 0.324 e. The monoisotopic (exact) mass is 422 g/mol. The number of rotatable bonds is 4. The molecule has 2 amide bonds. The van der Waals surface area contributed by atoms with Crippen LogP contribution in [0.1, 0.15) is 43.6 Å². The highest BCUT2D eigenvalue weighted by atomic mass is 16.5. The number of ether oxygens (including phenoxy) is 1. The number of likely N-dealkylation sites (tertiary alicyclic amines) is 1. The van der Waals surface area contributed by atoms with Gasteiger partial charge in [0.2, 0.25) is 0 Å². The fourth-order valence-corrected chi connectivity index (χ4v) is 4.81. The third-order valence-corrected chi connectivity index (χ3v) is 6.68. The molecular formula is C25H34N4O2. The SMILES string of the molecule is COc1ccc(CN(C)C2CCN(C(=O)N3CC(C)(C)c4nc(C)ccc43)CC2)cc1. The maximum atomic E-state index is 13.4. The first-order valence-corrected chi connectivity index (χ1v) is 11.2. The third-order valence-electron chi connectivity index (χ3n) is 6.68. The largest absolute Gasteiger partial charge is 0.497 e. The van der Waals surface area contributed by atoms with Gasteiger partial charge in [0.1, 0.15) is 5.75 Å². The summed E-state index contributed by atoms with van der Waals surface area (Å²) < 4.78 is 5.25. The van der Waals surface area contributed by atoms with Crippen LogP contribution in [0.25, 0.3) is 0 Å². The Morgan fingerprint density at radius 1 is 1.16 bits per heavy atom. The van der Waals surface area contributed by atoms with Gasteiger partial charge in [-0.25, -0.2) is 4.79 Å². The minimum absolute atomic E-state index is 0.117. The standard InChI is InChI=1S/C25H34N4O2/c1-18-6-11-22-23(26-18)25(2,3)17-29(22)24(30)28-14-12-20(13-15-28)27(4)16-19-7-9-21(31-5)10-8-19/h6-11,20H,12-17H2,1-5H3. The number of anilines is 1. The van der Waals surface area contributed by atoms with Crippen molar-refractivity contribution in [3.63, 3.8) is 0 Å². The highest BCUT2D eigenvalue weighted by molar-refractivity contribution is 5.94. The minimum atomic E-state index is -0.117. The lowest BCUT2D eigenvalue weighted by atomic mass is 9.91. The number of aryl methyl sites for hydroxylation is 1. The van der Waals surface area contributed by atoms with Crippen LogP contribution >= 0.6 is 0 Å². The van der Waals surface area contributed by atoms with E-state index in [1.807, 2.05) is 34.9 Å². The highest BCUT2D eigenvalue weighted by Gasteiger charge is 2.41. The van der Waals surface area contributed by atoms with Gasteiger partial charge in [0.05, 0.1) is 18.5 Å². The van der Waals surface area contributed by atoms with Crippen molar-refractivity contribution >= 4 is 11.7 Å². The zero-order valence-electron chi connectivity index (χ0n) is 19.4. The molecule has 1 aromatic carbocycles. The summed E-state index contributed by atoms with van der Waals surface area (Å²) in [6.45, 7) is 9.53. The van der Waals surface area contributed by atoms with Crippen LogP contribution in [-0.2, 0) is 12.0 Å². The van der Waals surface area contributed by atoms with Gasteiger partial charge >= 0.3 is 6.03 Å². The molecule has 2 aliphatic heterocycles. The van der Waals surface area contributed by atoms with Crippen LogP contribution in [0.5, 0.6) is 5.75 Å². The Hall–Kier alpha value is -2.60. The Balaban J connectivity index is 1.36. The molecule has 2 aromatic rings. The predicted octanol–water partition coefficient (Wildman–Crippen LogP) is 4.21. The molecule has 6 nitrogen and oxygen atoms in total. The van der Waals surface area contributed by atoms with Crippen LogP contribution in [0.3, 0.4) is 0 Å². The predicted molar refractivity (Wildman–Crippen MR) is 124 cm³/mol. The quantitative estimate of drug-likeness (QED) is 0.741. The van der Waals surface area contributed by atoms with Gasteiger partial charge in [0.15, 0.2) is 0 Å². The van der Waals surface area contributed by atoms with E-state index < -0.39 is 0 Å². The minimum Gasteiger partial charge on any atom is -0.497 e. The topological polar surface area (TPSA) is 48.9 Å². The maximum absolute atomic E-state index is 13.4. The van der Waals surface area contributed by atoms with E-state index in [9.17, 15) is 4.79 Å². The van der Waals surface area contributed by atoms with E-state index in [1.54, 1.807) is 7.11 Å². The summed E-state index contributed by atoms with van der Waals surface area (Å²) in [7, 11) is 3.87. The van der Waals surface area contributed by atoms with Gasteiger partial charge in [-0.3, -0.25) is 14.8 Å². The molecule has 0 bridgehead atoms. The summed E-state index contributed by atoms with van der Waals surface area (Å²) in [6.07, 6.45) is 1.99. The Morgan fingerprint density at radius 3 is 2.48 bits per heavy atom. The third kappa shape index (κ3) is 4.40. The fourth-order valence-electron chi connectivity index (χ4n) is 4.81. The number of aromatic nitrogens is 1. The van der Waals surface area contributed by atoms with Crippen molar-refractivity contribution in [2.75, 3.05) is 38.7 Å².